The van der Waals surface area contributed by atoms with Crippen molar-refractivity contribution in [1.82, 2.24) is 4.31 Å². The molecule has 0 unspecified atom stereocenters. The van der Waals surface area contributed by atoms with Gasteiger partial charge in [-0.2, -0.15) is 4.31 Å². The monoisotopic (exact) mass is 540 g/mol. The highest BCUT2D eigenvalue weighted by Crippen LogP contribution is 2.37. The molecule has 1 aromatic heterocycles. The number of nitrogens with zero attached hydrogens (tertiary/aromatic N) is 1. The van der Waals surface area contributed by atoms with Gasteiger partial charge in [0.1, 0.15) is 10.6 Å². The van der Waals surface area contributed by atoms with Gasteiger partial charge in [-0.1, -0.05) is 44.5 Å². The molecule has 1 N–H and O–H groups in total. The van der Waals surface area contributed by atoms with Gasteiger partial charge in [-0.15, -0.1) is 11.3 Å². The molecule has 9 heteroatoms. The average molecular weight is 541 g/mol. The molecular weight excluding hydrogens is 508 g/mol. The van der Waals surface area contributed by atoms with Crippen LogP contribution >= 0.6 is 11.3 Å². The number of amides is 1. The Labute approximate surface area is 222 Å². The third kappa shape index (κ3) is 5.95. The standard InChI is InChI=1S/C28H32N2O5S2/c1-4-35-28(32)25-24(21-10-8-20(9-11-21)19(2)3)18-36-27(25)29-26(31)22-12-14-23(15-13-22)37(33,34)30-16-6-5-7-17-30/h8-15,18-19H,4-7,16-17H2,1-3H3,(H,29,31). The van der Waals surface area contributed by atoms with Crippen molar-refractivity contribution in [2.24, 2.45) is 0 Å². The molecule has 1 amide bonds. The van der Waals surface area contributed by atoms with Crippen LogP contribution in [0.4, 0.5) is 5.00 Å². The van der Waals surface area contributed by atoms with Crippen LogP contribution in [-0.2, 0) is 14.8 Å². The van der Waals surface area contributed by atoms with Crippen molar-refractivity contribution in [3.05, 3.63) is 70.6 Å². The van der Waals surface area contributed by atoms with E-state index in [9.17, 15) is 18.0 Å². The highest BCUT2D eigenvalue weighted by Gasteiger charge is 2.27. The molecule has 0 saturated carbocycles. The van der Waals surface area contributed by atoms with E-state index in [0.29, 0.717) is 40.7 Å². The molecule has 0 atom stereocenters. The van der Waals surface area contributed by atoms with Gasteiger partial charge in [-0.25, -0.2) is 13.2 Å². The second kappa shape index (κ2) is 11.6. The number of carbonyl (C=O) groups excluding carboxylic acids is 2. The van der Waals surface area contributed by atoms with Gasteiger partial charge in [0, 0.05) is 29.6 Å². The first-order chi connectivity index (χ1) is 17.7. The smallest absolute Gasteiger partial charge is 0.341 e. The Morgan fingerprint density at radius 1 is 1.00 bits per heavy atom. The van der Waals surface area contributed by atoms with Crippen LogP contribution in [-0.4, -0.2) is 44.3 Å². The Morgan fingerprint density at radius 2 is 1.65 bits per heavy atom. The van der Waals surface area contributed by atoms with Crippen molar-refractivity contribution in [2.75, 3.05) is 25.0 Å². The quantitative estimate of drug-likeness (QED) is 0.346. The molecule has 7 nitrogen and oxygen atoms in total. The van der Waals surface area contributed by atoms with E-state index in [4.69, 9.17) is 4.74 Å². The van der Waals surface area contributed by atoms with Gasteiger partial charge in [0.05, 0.1) is 11.5 Å². The van der Waals surface area contributed by atoms with Crippen LogP contribution < -0.4 is 5.32 Å². The van der Waals surface area contributed by atoms with Gasteiger partial charge >= 0.3 is 5.97 Å². The van der Waals surface area contributed by atoms with Gasteiger partial charge in [0.15, 0.2) is 0 Å². The number of nitrogens with one attached hydrogen (secondary N) is 1. The summed E-state index contributed by atoms with van der Waals surface area (Å²) in [5, 5.41) is 5.05. The van der Waals surface area contributed by atoms with Gasteiger partial charge in [0.25, 0.3) is 5.91 Å². The fourth-order valence-electron chi connectivity index (χ4n) is 4.32. The number of thiophene rings is 1. The zero-order valence-corrected chi connectivity index (χ0v) is 23.0. The summed E-state index contributed by atoms with van der Waals surface area (Å²) in [4.78, 5) is 26.1. The molecule has 1 aliphatic rings. The van der Waals surface area contributed by atoms with Crippen LogP contribution in [0.5, 0.6) is 0 Å². The Morgan fingerprint density at radius 3 is 2.24 bits per heavy atom. The number of hydrogen-bond donors (Lipinski definition) is 1. The van der Waals surface area contributed by atoms with E-state index in [1.54, 1.807) is 6.92 Å². The van der Waals surface area contributed by atoms with Crippen molar-refractivity contribution in [1.29, 1.82) is 0 Å². The number of ether oxygens (including phenoxy) is 1. The van der Waals surface area contributed by atoms with Gasteiger partial charge < -0.3 is 10.1 Å². The van der Waals surface area contributed by atoms with Crippen LogP contribution in [0.15, 0.2) is 58.8 Å². The lowest BCUT2D eigenvalue weighted by atomic mass is 9.98. The van der Waals surface area contributed by atoms with Crippen LogP contribution in [0, 0.1) is 0 Å². The minimum atomic E-state index is -3.58. The van der Waals surface area contributed by atoms with E-state index in [2.05, 4.69) is 19.2 Å². The summed E-state index contributed by atoms with van der Waals surface area (Å²) in [6.07, 6.45) is 2.74. The first kappa shape index (κ1) is 27.0. The summed E-state index contributed by atoms with van der Waals surface area (Å²) in [5.74, 6) is -0.557. The first-order valence-electron chi connectivity index (χ1n) is 12.5. The van der Waals surface area contributed by atoms with Gasteiger partial charge in [-0.3, -0.25) is 4.79 Å². The molecule has 2 aromatic carbocycles. The molecule has 0 radical (unpaired) electrons. The number of sulfonamides is 1. The molecule has 0 spiro atoms. The molecule has 4 rings (SSSR count). The lowest BCUT2D eigenvalue weighted by Gasteiger charge is -2.25. The molecule has 196 valence electrons. The van der Waals surface area contributed by atoms with Crippen molar-refractivity contribution in [3.8, 4) is 11.1 Å². The van der Waals surface area contributed by atoms with E-state index >= 15 is 0 Å². The van der Waals surface area contributed by atoms with Gasteiger partial charge in [-0.05, 0) is 61.1 Å². The molecule has 1 aliphatic heterocycles. The fraction of sp³-hybridized carbons (Fsp3) is 0.357. The van der Waals surface area contributed by atoms with E-state index < -0.39 is 21.9 Å². The number of piperidine rings is 1. The zero-order valence-electron chi connectivity index (χ0n) is 21.3. The molecule has 1 saturated heterocycles. The predicted molar refractivity (Wildman–Crippen MR) is 147 cm³/mol. The second-order valence-corrected chi connectivity index (χ2v) is 12.1. The van der Waals surface area contributed by atoms with Crippen LogP contribution in [0.1, 0.15) is 72.2 Å². The Kier molecular flexibility index (Phi) is 8.46. The SMILES string of the molecule is CCOC(=O)c1c(-c2ccc(C(C)C)cc2)csc1NC(=O)c1ccc(S(=O)(=O)N2CCCCC2)cc1. The number of esters is 1. The molecule has 2 heterocycles. The first-order valence-corrected chi connectivity index (χ1v) is 14.8. The maximum atomic E-state index is 13.1. The largest absolute Gasteiger partial charge is 0.462 e. The van der Waals surface area contributed by atoms with E-state index in [-0.39, 0.29) is 11.5 Å². The molecular formula is C28H32N2O5S2. The lowest BCUT2D eigenvalue weighted by Crippen LogP contribution is -2.35. The highest BCUT2D eigenvalue weighted by atomic mass is 32.2. The summed E-state index contributed by atoms with van der Waals surface area (Å²) in [5.41, 5.74) is 3.34. The number of hydrogen-bond acceptors (Lipinski definition) is 6. The van der Waals surface area contributed by atoms with Gasteiger partial charge in [0.2, 0.25) is 10.0 Å². The number of benzene rings is 2. The molecule has 0 aliphatic carbocycles. The minimum Gasteiger partial charge on any atom is -0.462 e. The van der Waals surface area contributed by atoms with Crippen molar-refractivity contribution in [2.45, 2.75) is 50.8 Å². The summed E-state index contributed by atoms with van der Waals surface area (Å²) < 4.78 is 32.6. The molecule has 3 aromatic rings. The predicted octanol–water partition coefficient (Wildman–Crippen LogP) is 6.14. The summed E-state index contributed by atoms with van der Waals surface area (Å²) in [6, 6.07) is 13.9. The van der Waals surface area contributed by atoms with Crippen LogP contribution in [0.2, 0.25) is 0 Å². The maximum Gasteiger partial charge on any atom is 0.341 e. The summed E-state index contributed by atoms with van der Waals surface area (Å²) in [6.45, 7) is 7.21. The number of carbonyl (C=O) groups is 2. The van der Waals surface area contributed by atoms with E-state index in [1.165, 1.54) is 45.5 Å². The lowest BCUT2D eigenvalue weighted by molar-refractivity contribution is 0.0529. The summed E-state index contributed by atoms with van der Waals surface area (Å²) >= 11 is 1.25. The number of anilines is 1. The molecule has 37 heavy (non-hydrogen) atoms. The van der Waals surface area contributed by atoms with E-state index in [0.717, 1.165) is 24.8 Å². The van der Waals surface area contributed by atoms with Crippen LogP contribution in [0.3, 0.4) is 0 Å². The average Bonchev–Trinajstić information content (AvgIpc) is 3.33. The zero-order chi connectivity index (χ0) is 26.6. The third-order valence-electron chi connectivity index (χ3n) is 6.46. The van der Waals surface area contributed by atoms with Crippen molar-refractivity contribution in [3.63, 3.8) is 0 Å². The summed E-state index contributed by atoms with van der Waals surface area (Å²) in [7, 11) is -3.58. The fourth-order valence-corrected chi connectivity index (χ4v) is 6.79. The maximum absolute atomic E-state index is 13.1. The highest BCUT2D eigenvalue weighted by molar-refractivity contribution is 7.89. The Bertz CT molecular complexity index is 1350. The van der Waals surface area contributed by atoms with Crippen molar-refractivity contribution >= 4 is 38.2 Å². The molecule has 1 fully saturated rings. The molecule has 0 bridgehead atoms. The second-order valence-electron chi connectivity index (χ2n) is 9.29. The third-order valence-corrected chi connectivity index (χ3v) is 9.26. The Balaban J connectivity index is 1.57. The normalized spacial score (nSPS) is 14.5. The van der Waals surface area contributed by atoms with E-state index in [1.807, 2.05) is 29.6 Å². The number of rotatable bonds is 8. The minimum absolute atomic E-state index is 0.168. The van der Waals surface area contributed by atoms with Crippen LogP contribution in [0.25, 0.3) is 11.1 Å². The Hall–Kier alpha value is -3.01. The topological polar surface area (TPSA) is 92.8 Å². The van der Waals surface area contributed by atoms with Crippen molar-refractivity contribution < 1.29 is 22.7 Å².